The Morgan fingerprint density at radius 3 is 2.50 bits per heavy atom. The molecule has 20 heavy (non-hydrogen) atoms. The molecule has 0 aromatic heterocycles. The first-order valence-electron chi connectivity index (χ1n) is 6.01. The maximum Gasteiger partial charge on any atom is 0.310 e. The molecule has 0 fully saturated rings. The molecule has 0 radical (unpaired) electrons. The van der Waals surface area contributed by atoms with Gasteiger partial charge in [-0.3, -0.25) is 19.7 Å². The highest BCUT2D eigenvalue weighted by molar-refractivity contribution is 6.17. The molecule has 2 rings (SSSR count). The smallest absolute Gasteiger partial charge is 0.310 e. The molecule has 0 unspecified atom stereocenters. The monoisotopic (exact) mass is 271 g/mol. The minimum atomic E-state index is -0.547. The molecule has 0 spiro atoms. The normalized spacial score (nSPS) is 13.7. The van der Waals surface area contributed by atoms with E-state index in [0.717, 1.165) is 17.2 Å². The van der Waals surface area contributed by atoms with Gasteiger partial charge in [-0.2, -0.15) is 0 Å². The van der Waals surface area contributed by atoms with Crippen molar-refractivity contribution in [3.63, 3.8) is 0 Å². The van der Waals surface area contributed by atoms with Crippen molar-refractivity contribution in [2.24, 2.45) is 0 Å². The van der Waals surface area contributed by atoms with E-state index in [1.165, 1.54) is 0 Å². The van der Waals surface area contributed by atoms with Gasteiger partial charge in [0.1, 0.15) is 6.61 Å². The van der Waals surface area contributed by atoms with Gasteiger partial charge >= 0.3 is 5.97 Å². The van der Waals surface area contributed by atoms with E-state index in [0.29, 0.717) is 0 Å². The zero-order valence-electron chi connectivity index (χ0n) is 10.7. The number of ether oxygens (including phenoxy) is 1. The number of imide groups is 1. The van der Waals surface area contributed by atoms with Crippen molar-refractivity contribution in [1.29, 1.82) is 0 Å². The highest BCUT2D eigenvalue weighted by Gasteiger charge is 2.23. The zero-order valence-corrected chi connectivity index (χ0v) is 10.7. The quantitative estimate of drug-likeness (QED) is 0.648. The van der Waals surface area contributed by atoms with Crippen LogP contribution in [0.25, 0.3) is 6.08 Å². The van der Waals surface area contributed by atoms with Gasteiger partial charge in [-0.1, -0.05) is 36.9 Å². The molecule has 1 N–H and O–H groups in total. The van der Waals surface area contributed by atoms with Crippen molar-refractivity contribution in [1.82, 2.24) is 5.32 Å². The summed E-state index contributed by atoms with van der Waals surface area (Å²) in [5.74, 6) is -1.59. The lowest BCUT2D eigenvalue weighted by molar-refractivity contribution is -0.144. The number of carbonyl (C=O) groups excluding carboxylic acids is 3. The molecular formula is C15H13NO4. The molecule has 1 aromatic rings. The molecule has 5 heteroatoms. The summed E-state index contributed by atoms with van der Waals surface area (Å²) < 4.78 is 5.05. The first-order valence-corrected chi connectivity index (χ1v) is 6.01. The molecule has 1 aliphatic heterocycles. The van der Waals surface area contributed by atoms with Gasteiger partial charge in [0, 0.05) is 11.6 Å². The van der Waals surface area contributed by atoms with Crippen LogP contribution in [0.5, 0.6) is 0 Å². The van der Waals surface area contributed by atoms with Crippen LogP contribution in [0, 0.1) is 0 Å². The van der Waals surface area contributed by atoms with Gasteiger partial charge in [-0.05, 0) is 11.1 Å². The van der Waals surface area contributed by atoms with E-state index in [4.69, 9.17) is 4.74 Å². The number of nitrogens with one attached hydrogen (secondary N) is 1. The summed E-state index contributed by atoms with van der Waals surface area (Å²) in [5.41, 5.74) is 1.94. The van der Waals surface area contributed by atoms with Crippen molar-refractivity contribution in [2.45, 2.75) is 13.0 Å². The third-order valence-corrected chi connectivity index (χ3v) is 2.78. The average molecular weight is 271 g/mol. The fraction of sp³-hybridized carbons (Fsp3) is 0.133. The summed E-state index contributed by atoms with van der Waals surface area (Å²) in [6.07, 6.45) is 2.63. The van der Waals surface area contributed by atoms with Crippen molar-refractivity contribution >= 4 is 23.9 Å². The first kappa shape index (κ1) is 13.7. The van der Waals surface area contributed by atoms with Gasteiger partial charge in [-0.15, -0.1) is 0 Å². The number of carbonyl (C=O) groups is 3. The molecular weight excluding hydrogens is 258 g/mol. The van der Waals surface area contributed by atoms with Crippen LogP contribution in [-0.2, 0) is 25.7 Å². The van der Waals surface area contributed by atoms with Gasteiger partial charge in [0.05, 0.1) is 6.42 Å². The lowest BCUT2D eigenvalue weighted by Gasteiger charge is -2.05. The van der Waals surface area contributed by atoms with Crippen molar-refractivity contribution in [3.8, 4) is 0 Å². The molecule has 0 bridgehead atoms. The third-order valence-electron chi connectivity index (χ3n) is 2.78. The van der Waals surface area contributed by atoms with Gasteiger partial charge in [0.25, 0.3) is 11.8 Å². The molecule has 102 valence electrons. The predicted octanol–water partition coefficient (Wildman–Crippen LogP) is 1.35. The van der Waals surface area contributed by atoms with Crippen LogP contribution >= 0.6 is 0 Å². The van der Waals surface area contributed by atoms with E-state index >= 15 is 0 Å². The van der Waals surface area contributed by atoms with Crippen LogP contribution in [0.4, 0.5) is 0 Å². The molecule has 5 nitrogen and oxygen atoms in total. The molecule has 1 heterocycles. The Kier molecular flexibility index (Phi) is 4.10. The molecule has 1 aliphatic rings. The first-order chi connectivity index (χ1) is 9.58. The lowest BCUT2D eigenvalue weighted by atomic mass is 10.1. The largest absolute Gasteiger partial charge is 0.461 e. The topological polar surface area (TPSA) is 72.5 Å². The molecule has 2 amide bonds. The van der Waals surface area contributed by atoms with Crippen LogP contribution in [-0.4, -0.2) is 17.8 Å². The second kappa shape index (κ2) is 5.97. The van der Waals surface area contributed by atoms with Crippen molar-refractivity contribution in [3.05, 3.63) is 53.6 Å². The number of hydrogen-bond donors (Lipinski definition) is 1. The Balaban J connectivity index is 1.86. The SMILES string of the molecule is C=Cc1ccc(COC(=O)CC2=CC(=O)NC2=O)cc1. The molecule has 0 atom stereocenters. The van der Waals surface area contributed by atoms with Crippen LogP contribution in [0.3, 0.4) is 0 Å². The van der Waals surface area contributed by atoms with Crippen LogP contribution in [0.15, 0.2) is 42.5 Å². The number of hydrogen-bond acceptors (Lipinski definition) is 4. The Bertz CT molecular complexity index is 599. The molecule has 1 aromatic carbocycles. The summed E-state index contributed by atoms with van der Waals surface area (Å²) in [6, 6.07) is 7.38. The predicted molar refractivity (Wildman–Crippen MR) is 72.2 cm³/mol. The second-order valence-electron chi connectivity index (χ2n) is 4.27. The standard InChI is InChI=1S/C15H13NO4/c1-2-10-3-5-11(6-4-10)9-20-14(18)8-12-7-13(17)16-15(12)19/h2-7H,1,8-9H2,(H,16,17,19). The van der Waals surface area contributed by atoms with Gasteiger partial charge in [-0.25, -0.2) is 0 Å². The van der Waals surface area contributed by atoms with E-state index in [1.807, 2.05) is 24.3 Å². The Hall–Kier alpha value is -2.69. The maximum atomic E-state index is 11.6. The van der Waals surface area contributed by atoms with E-state index in [-0.39, 0.29) is 18.6 Å². The van der Waals surface area contributed by atoms with Gasteiger partial charge in [0.15, 0.2) is 0 Å². The summed E-state index contributed by atoms with van der Waals surface area (Å²) in [7, 11) is 0. The third kappa shape index (κ3) is 3.41. The van der Waals surface area contributed by atoms with Crippen LogP contribution in [0.1, 0.15) is 17.5 Å². The van der Waals surface area contributed by atoms with Gasteiger partial charge < -0.3 is 4.74 Å². The average Bonchev–Trinajstić information content (AvgIpc) is 2.75. The fourth-order valence-electron chi connectivity index (χ4n) is 1.70. The number of esters is 1. The second-order valence-corrected chi connectivity index (χ2v) is 4.27. The highest BCUT2D eigenvalue weighted by atomic mass is 16.5. The maximum absolute atomic E-state index is 11.6. The number of benzene rings is 1. The summed E-state index contributed by atoms with van der Waals surface area (Å²) in [6.45, 7) is 3.77. The van der Waals surface area contributed by atoms with Crippen molar-refractivity contribution in [2.75, 3.05) is 0 Å². The molecule has 0 saturated carbocycles. The van der Waals surface area contributed by atoms with Crippen LogP contribution in [0.2, 0.25) is 0 Å². The zero-order chi connectivity index (χ0) is 14.5. The highest BCUT2D eigenvalue weighted by Crippen LogP contribution is 2.11. The van der Waals surface area contributed by atoms with E-state index in [9.17, 15) is 14.4 Å². The minimum Gasteiger partial charge on any atom is -0.461 e. The Morgan fingerprint density at radius 2 is 1.95 bits per heavy atom. The molecule has 0 saturated heterocycles. The van der Waals surface area contributed by atoms with Gasteiger partial charge in [0.2, 0.25) is 0 Å². The van der Waals surface area contributed by atoms with Crippen LogP contribution < -0.4 is 5.32 Å². The number of rotatable bonds is 5. The summed E-state index contributed by atoms with van der Waals surface area (Å²) in [4.78, 5) is 33.7. The summed E-state index contributed by atoms with van der Waals surface area (Å²) >= 11 is 0. The van der Waals surface area contributed by atoms with Crippen molar-refractivity contribution < 1.29 is 19.1 Å². The Labute approximate surface area is 115 Å². The lowest BCUT2D eigenvalue weighted by Crippen LogP contribution is -2.23. The molecule has 0 aliphatic carbocycles. The van der Waals surface area contributed by atoms with E-state index in [1.54, 1.807) is 6.08 Å². The fourth-order valence-corrected chi connectivity index (χ4v) is 1.70. The Morgan fingerprint density at radius 1 is 1.25 bits per heavy atom. The summed E-state index contributed by atoms with van der Waals surface area (Å²) in [5, 5.41) is 2.07. The van der Waals surface area contributed by atoms with E-state index < -0.39 is 17.8 Å². The minimum absolute atomic E-state index is 0.124. The number of amides is 2. The van der Waals surface area contributed by atoms with E-state index in [2.05, 4.69) is 11.9 Å².